The minimum atomic E-state index is -0.589. The molecule has 2 aromatic heterocycles. The highest BCUT2D eigenvalue weighted by molar-refractivity contribution is 9.10. The first-order chi connectivity index (χ1) is 8.54. The monoisotopic (exact) mass is 348 g/mol. The first-order valence-electron chi connectivity index (χ1n) is 5.65. The third kappa shape index (κ3) is 2.64. The third-order valence-corrected chi connectivity index (χ3v) is 5.21. The van der Waals surface area contributed by atoms with Crippen molar-refractivity contribution < 1.29 is 5.11 Å². The van der Waals surface area contributed by atoms with Crippen molar-refractivity contribution >= 4 is 38.9 Å². The number of nitrogens with zero attached hydrogens (tertiary/aromatic N) is 2. The summed E-state index contributed by atoms with van der Waals surface area (Å²) in [5.41, 5.74) is 2.00. The van der Waals surface area contributed by atoms with Gasteiger partial charge in [0.25, 0.3) is 0 Å². The molecule has 18 heavy (non-hydrogen) atoms. The Bertz CT molecular complexity index is 552. The zero-order chi connectivity index (χ0) is 13.3. The molecule has 0 spiro atoms. The van der Waals surface area contributed by atoms with E-state index in [1.54, 1.807) is 6.07 Å². The van der Waals surface area contributed by atoms with Crippen molar-refractivity contribution in [3.63, 3.8) is 0 Å². The van der Waals surface area contributed by atoms with E-state index in [2.05, 4.69) is 28.0 Å². The number of aromatic nitrogens is 2. The summed E-state index contributed by atoms with van der Waals surface area (Å²) in [5, 5.41) is 17.2. The molecule has 0 bridgehead atoms. The Hall–Kier alpha value is -0.360. The highest BCUT2D eigenvalue weighted by atomic mass is 79.9. The fraction of sp³-hybridized carbons (Fsp3) is 0.417. The Morgan fingerprint density at radius 2 is 2.33 bits per heavy atom. The molecule has 0 aromatic carbocycles. The van der Waals surface area contributed by atoms with Crippen LogP contribution >= 0.6 is 38.9 Å². The lowest BCUT2D eigenvalue weighted by Gasteiger charge is -2.10. The van der Waals surface area contributed by atoms with E-state index in [4.69, 9.17) is 11.6 Å². The Kier molecular flexibility index (Phi) is 4.48. The molecule has 1 N–H and O–H groups in total. The maximum Gasteiger partial charge on any atom is 0.0952 e. The predicted molar refractivity (Wildman–Crippen MR) is 78.3 cm³/mol. The Balaban J connectivity index is 2.24. The van der Waals surface area contributed by atoms with Gasteiger partial charge in [-0.05, 0) is 33.8 Å². The van der Waals surface area contributed by atoms with Crippen LogP contribution in [0, 0.1) is 0 Å². The molecule has 2 rings (SSSR count). The second kappa shape index (κ2) is 5.74. The van der Waals surface area contributed by atoms with Crippen LogP contribution in [0.15, 0.2) is 15.9 Å². The van der Waals surface area contributed by atoms with Crippen LogP contribution < -0.4 is 0 Å². The number of hydrogen-bond donors (Lipinski definition) is 1. The maximum absolute atomic E-state index is 10.2. The van der Waals surface area contributed by atoms with Crippen LogP contribution in [-0.2, 0) is 19.9 Å². The molecule has 1 atom stereocenters. The number of aryl methyl sites for hydroxylation is 2. The lowest BCUT2D eigenvalue weighted by molar-refractivity contribution is 0.179. The van der Waals surface area contributed by atoms with Crippen molar-refractivity contribution in [2.45, 2.75) is 25.9 Å². The van der Waals surface area contributed by atoms with E-state index < -0.39 is 6.10 Å². The van der Waals surface area contributed by atoms with E-state index in [1.165, 1.54) is 11.3 Å². The van der Waals surface area contributed by atoms with Crippen LogP contribution in [0.4, 0.5) is 0 Å². The molecule has 0 fully saturated rings. The first kappa shape index (κ1) is 14.1. The standard InChI is InChI=1S/C12H14BrClN2OS/c1-3-8-11(13)9(16(2)15-8)6-10(17)12-7(14)4-5-18-12/h4-5,10,17H,3,6H2,1-2H3. The molecule has 6 heteroatoms. The topological polar surface area (TPSA) is 38.0 Å². The third-order valence-electron chi connectivity index (χ3n) is 2.84. The average molecular weight is 350 g/mol. The minimum Gasteiger partial charge on any atom is -0.387 e. The molecule has 1 unspecified atom stereocenters. The fourth-order valence-corrected chi connectivity index (χ4v) is 3.81. The summed E-state index contributed by atoms with van der Waals surface area (Å²) in [6.07, 6.45) is 0.781. The molecule has 0 aliphatic carbocycles. The SMILES string of the molecule is CCc1nn(C)c(CC(O)c2sccc2Cl)c1Br. The second-order valence-electron chi connectivity index (χ2n) is 4.04. The zero-order valence-electron chi connectivity index (χ0n) is 10.2. The number of aliphatic hydroxyl groups excluding tert-OH is 1. The van der Waals surface area contributed by atoms with Gasteiger partial charge in [0.2, 0.25) is 0 Å². The highest BCUT2D eigenvalue weighted by Gasteiger charge is 2.19. The molecule has 0 saturated heterocycles. The number of aliphatic hydroxyl groups is 1. The molecule has 2 aromatic rings. The van der Waals surface area contributed by atoms with Crippen LogP contribution in [0.2, 0.25) is 5.02 Å². The fourth-order valence-electron chi connectivity index (χ4n) is 1.86. The van der Waals surface area contributed by atoms with E-state index in [-0.39, 0.29) is 0 Å². The van der Waals surface area contributed by atoms with E-state index in [9.17, 15) is 5.11 Å². The van der Waals surface area contributed by atoms with Crippen LogP contribution in [0.25, 0.3) is 0 Å². The van der Waals surface area contributed by atoms with Crippen molar-refractivity contribution in [2.24, 2.45) is 7.05 Å². The van der Waals surface area contributed by atoms with Crippen molar-refractivity contribution in [3.8, 4) is 0 Å². The van der Waals surface area contributed by atoms with Crippen molar-refractivity contribution in [2.75, 3.05) is 0 Å². The second-order valence-corrected chi connectivity index (χ2v) is 6.19. The van der Waals surface area contributed by atoms with Gasteiger partial charge in [-0.2, -0.15) is 5.10 Å². The normalized spacial score (nSPS) is 12.9. The number of hydrogen-bond acceptors (Lipinski definition) is 3. The molecule has 2 heterocycles. The summed E-state index contributed by atoms with van der Waals surface area (Å²) in [6, 6.07) is 1.81. The van der Waals surface area contributed by atoms with Gasteiger partial charge in [-0.3, -0.25) is 4.68 Å². The Morgan fingerprint density at radius 1 is 1.61 bits per heavy atom. The smallest absolute Gasteiger partial charge is 0.0952 e. The molecule has 0 amide bonds. The minimum absolute atomic E-state index is 0.504. The largest absolute Gasteiger partial charge is 0.387 e. The lowest BCUT2D eigenvalue weighted by Crippen LogP contribution is -2.06. The Labute approximate surface area is 124 Å². The maximum atomic E-state index is 10.2. The van der Waals surface area contributed by atoms with Crippen molar-refractivity contribution in [3.05, 3.63) is 37.2 Å². The van der Waals surface area contributed by atoms with Crippen LogP contribution in [0.3, 0.4) is 0 Å². The van der Waals surface area contributed by atoms with Crippen LogP contribution in [0.1, 0.15) is 29.3 Å². The quantitative estimate of drug-likeness (QED) is 0.913. The summed E-state index contributed by atoms with van der Waals surface area (Å²) in [7, 11) is 1.89. The average Bonchev–Trinajstić information content (AvgIpc) is 2.87. The van der Waals surface area contributed by atoms with Gasteiger partial charge in [-0.25, -0.2) is 0 Å². The zero-order valence-corrected chi connectivity index (χ0v) is 13.3. The molecule has 0 saturated carbocycles. The van der Waals surface area contributed by atoms with E-state index in [1.807, 2.05) is 17.1 Å². The summed E-state index contributed by atoms with van der Waals surface area (Å²) in [6.45, 7) is 2.06. The van der Waals surface area contributed by atoms with Crippen molar-refractivity contribution in [1.29, 1.82) is 0 Å². The number of halogens is 2. The van der Waals surface area contributed by atoms with Gasteiger partial charge in [0.15, 0.2) is 0 Å². The molecule has 0 radical (unpaired) electrons. The molecule has 0 aliphatic rings. The van der Waals surface area contributed by atoms with Gasteiger partial charge >= 0.3 is 0 Å². The lowest BCUT2D eigenvalue weighted by atomic mass is 10.1. The van der Waals surface area contributed by atoms with Crippen LogP contribution in [0.5, 0.6) is 0 Å². The summed E-state index contributed by atoms with van der Waals surface area (Å²) < 4.78 is 2.80. The van der Waals surface area contributed by atoms with Gasteiger partial charge in [-0.15, -0.1) is 11.3 Å². The van der Waals surface area contributed by atoms with Gasteiger partial charge in [0.05, 0.1) is 31.9 Å². The first-order valence-corrected chi connectivity index (χ1v) is 7.70. The van der Waals surface area contributed by atoms with Crippen molar-refractivity contribution in [1.82, 2.24) is 9.78 Å². The van der Waals surface area contributed by atoms with Gasteiger partial charge in [-0.1, -0.05) is 18.5 Å². The molecule has 0 aliphatic heterocycles. The van der Waals surface area contributed by atoms with Crippen LogP contribution in [-0.4, -0.2) is 14.9 Å². The van der Waals surface area contributed by atoms with Gasteiger partial charge < -0.3 is 5.11 Å². The van der Waals surface area contributed by atoms with Gasteiger partial charge in [0.1, 0.15) is 0 Å². The van der Waals surface area contributed by atoms with Gasteiger partial charge in [0, 0.05) is 13.5 Å². The Morgan fingerprint density at radius 3 is 2.83 bits per heavy atom. The van der Waals surface area contributed by atoms with E-state index >= 15 is 0 Å². The highest BCUT2D eigenvalue weighted by Crippen LogP contribution is 2.32. The molecule has 3 nitrogen and oxygen atoms in total. The molecular weight excluding hydrogens is 336 g/mol. The van der Waals surface area contributed by atoms with E-state index in [0.717, 1.165) is 27.2 Å². The van der Waals surface area contributed by atoms with E-state index in [0.29, 0.717) is 11.4 Å². The molecule has 98 valence electrons. The summed E-state index contributed by atoms with van der Waals surface area (Å²) in [4.78, 5) is 0.808. The number of rotatable bonds is 4. The summed E-state index contributed by atoms with van der Waals surface area (Å²) in [5.74, 6) is 0. The predicted octanol–water partition coefficient (Wildman–Crippen LogP) is 3.74. The molecular formula is C12H14BrClN2OS. The summed E-state index contributed by atoms with van der Waals surface area (Å²) >= 11 is 11.1. The number of thiophene rings is 1.